The molecule has 5 heteroatoms. The van der Waals surface area contributed by atoms with Crippen LogP contribution in [-0.2, 0) is 4.74 Å². The van der Waals surface area contributed by atoms with Crippen molar-refractivity contribution in [2.45, 2.75) is 31.7 Å². The van der Waals surface area contributed by atoms with Crippen LogP contribution >= 0.6 is 0 Å². The van der Waals surface area contributed by atoms with Gasteiger partial charge in [0.2, 0.25) is 0 Å². The van der Waals surface area contributed by atoms with E-state index in [0.29, 0.717) is 6.54 Å². The van der Waals surface area contributed by atoms with Crippen molar-refractivity contribution in [3.63, 3.8) is 0 Å². The number of morpholine rings is 1. The van der Waals surface area contributed by atoms with E-state index in [9.17, 15) is 4.79 Å². The van der Waals surface area contributed by atoms with E-state index in [2.05, 4.69) is 15.5 Å². The summed E-state index contributed by atoms with van der Waals surface area (Å²) < 4.78 is 5.44. The molecule has 2 N–H and O–H groups in total. The predicted octanol–water partition coefficient (Wildman–Crippen LogP) is 2.37. The molecule has 120 valence electrons. The van der Waals surface area contributed by atoms with Gasteiger partial charge in [-0.05, 0) is 37.8 Å². The molecule has 1 heterocycles. The van der Waals surface area contributed by atoms with Crippen LogP contribution in [0.4, 0.5) is 10.5 Å². The highest BCUT2D eigenvalue weighted by Gasteiger charge is 2.42. The lowest BCUT2D eigenvalue weighted by Gasteiger charge is -2.51. The fourth-order valence-corrected chi connectivity index (χ4v) is 3.35. The van der Waals surface area contributed by atoms with Crippen molar-refractivity contribution in [3.8, 4) is 0 Å². The summed E-state index contributed by atoms with van der Waals surface area (Å²) >= 11 is 0. The van der Waals surface area contributed by atoms with Gasteiger partial charge in [0, 0.05) is 30.9 Å². The fraction of sp³-hybridized carbons (Fsp3) is 0.588. The first-order chi connectivity index (χ1) is 10.7. The van der Waals surface area contributed by atoms with Crippen LogP contribution in [0.3, 0.4) is 0 Å². The van der Waals surface area contributed by atoms with Crippen LogP contribution < -0.4 is 10.6 Å². The van der Waals surface area contributed by atoms with Crippen LogP contribution in [0.2, 0.25) is 0 Å². The number of anilines is 1. The van der Waals surface area contributed by atoms with Crippen LogP contribution in [0.25, 0.3) is 0 Å². The van der Waals surface area contributed by atoms with Gasteiger partial charge >= 0.3 is 6.03 Å². The van der Waals surface area contributed by atoms with Crippen LogP contribution in [0.15, 0.2) is 24.3 Å². The molecule has 1 aliphatic carbocycles. The molecule has 1 aliphatic heterocycles. The van der Waals surface area contributed by atoms with Crippen LogP contribution in [0, 0.1) is 6.92 Å². The minimum absolute atomic E-state index is 0.117. The second-order valence-corrected chi connectivity index (χ2v) is 6.30. The normalized spacial score (nSPS) is 21.0. The van der Waals surface area contributed by atoms with E-state index >= 15 is 0 Å². The minimum atomic E-state index is -0.117. The number of benzene rings is 1. The number of amides is 2. The number of rotatable bonds is 4. The van der Waals surface area contributed by atoms with Gasteiger partial charge in [-0.2, -0.15) is 0 Å². The highest BCUT2D eigenvalue weighted by atomic mass is 16.5. The maximum absolute atomic E-state index is 12.2. The Morgan fingerprint density at radius 2 is 2.00 bits per heavy atom. The van der Waals surface area contributed by atoms with E-state index < -0.39 is 0 Å². The van der Waals surface area contributed by atoms with E-state index in [1.54, 1.807) is 0 Å². The summed E-state index contributed by atoms with van der Waals surface area (Å²) in [6.45, 7) is 6.26. The van der Waals surface area contributed by atoms with E-state index in [1.807, 2.05) is 31.2 Å². The predicted molar refractivity (Wildman–Crippen MR) is 87.2 cm³/mol. The van der Waals surface area contributed by atoms with Gasteiger partial charge in [-0.3, -0.25) is 4.90 Å². The molecule has 0 aromatic heterocycles. The number of urea groups is 1. The van der Waals surface area contributed by atoms with Crippen molar-refractivity contribution in [1.29, 1.82) is 0 Å². The van der Waals surface area contributed by atoms with E-state index in [0.717, 1.165) is 50.4 Å². The Morgan fingerprint density at radius 1 is 1.27 bits per heavy atom. The van der Waals surface area contributed by atoms with Gasteiger partial charge in [0.1, 0.15) is 0 Å². The first-order valence-corrected chi connectivity index (χ1v) is 8.13. The number of para-hydroxylation sites is 1. The molecule has 1 aromatic rings. The number of ether oxygens (including phenoxy) is 1. The summed E-state index contributed by atoms with van der Waals surface area (Å²) in [7, 11) is 0. The Labute approximate surface area is 132 Å². The third-order valence-corrected chi connectivity index (χ3v) is 4.94. The molecule has 0 unspecified atom stereocenters. The minimum Gasteiger partial charge on any atom is -0.379 e. The highest BCUT2D eigenvalue weighted by molar-refractivity contribution is 5.90. The number of carbonyl (C=O) groups is 1. The van der Waals surface area contributed by atoms with Crippen LogP contribution in [0.5, 0.6) is 0 Å². The molecule has 1 saturated carbocycles. The van der Waals surface area contributed by atoms with Gasteiger partial charge in [-0.1, -0.05) is 18.2 Å². The van der Waals surface area contributed by atoms with Gasteiger partial charge in [0.25, 0.3) is 0 Å². The van der Waals surface area contributed by atoms with Crippen molar-refractivity contribution < 1.29 is 9.53 Å². The molecule has 0 spiro atoms. The molecule has 2 amide bonds. The topological polar surface area (TPSA) is 53.6 Å². The second-order valence-electron chi connectivity index (χ2n) is 6.30. The van der Waals surface area contributed by atoms with Gasteiger partial charge in [0.15, 0.2) is 0 Å². The Kier molecular flexibility index (Phi) is 4.64. The third kappa shape index (κ3) is 3.25. The number of nitrogens with one attached hydrogen (secondary N) is 2. The van der Waals surface area contributed by atoms with Crippen LogP contribution in [-0.4, -0.2) is 49.3 Å². The highest BCUT2D eigenvalue weighted by Crippen LogP contribution is 2.37. The largest absolute Gasteiger partial charge is 0.379 e. The smallest absolute Gasteiger partial charge is 0.319 e. The molecule has 22 heavy (non-hydrogen) atoms. The average Bonchev–Trinajstić information content (AvgIpc) is 2.50. The Bertz CT molecular complexity index is 522. The Hall–Kier alpha value is -1.59. The van der Waals surface area contributed by atoms with Crippen molar-refractivity contribution in [2.75, 3.05) is 38.2 Å². The summed E-state index contributed by atoms with van der Waals surface area (Å²) in [6, 6.07) is 7.71. The lowest BCUT2D eigenvalue weighted by Crippen LogP contribution is -2.62. The zero-order chi connectivity index (χ0) is 15.4. The maximum atomic E-state index is 12.2. The Morgan fingerprint density at radius 3 is 2.64 bits per heavy atom. The van der Waals surface area contributed by atoms with E-state index in [-0.39, 0.29) is 11.6 Å². The summed E-state index contributed by atoms with van der Waals surface area (Å²) in [5, 5.41) is 6.01. The monoisotopic (exact) mass is 303 g/mol. The van der Waals surface area contributed by atoms with Crippen molar-refractivity contribution in [3.05, 3.63) is 29.8 Å². The van der Waals surface area contributed by atoms with Gasteiger partial charge in [0.05, 0.1) is 13.2 Å². The number of aryl methyl sites for hydroxylation is 1. The Balaban J connectivity index is 1.54. The molecule has 2 aliphatic rings. The van der Waals surface area contributed by atoms with E-state index in [4.69, 9.17) is 4.74 Å². The zero-order valence-corrected chi connectivity index (χ0v) is 13.2. The van der Waals surface area contributed by atoms with Gasteiger partial charge < -0.3 is 15.4 Å². The number of hydrogen-bond donors (Lipinski definition) is 2. The van der Waals surface area contributed by atoms with Gasteiger partial charge in [-0.15, -0.1) is 0 Å². The fourth-order valence-electron chi connectivity index (χ4n) is 3.35. The molecule has 5 nitrogen and oxygen atoms in total. The number of hydrogen-bond acceptors (Lipinski definition) is 3. The number of nitrogens with zero attached hydrogens (tertiary/aromatic N) is 1. The molecule has 1 aromatic carbocycles. The van der Waals surface area contributed by atoms with Crippen LogP contribution in [0.1, 0.15) is 24.8 Å². The average molecular weight is 303 g/mol. The van der Waals surface area contributed by atoms with Gasteiger partial charge in [-0.25, -0.2) is 4.79 Å². The first-order valence-electron chi connectivity index (χ1n) is 8.13. The third-order valence-electron chi connectivity index (χ3n) is 4.94. The van der Waals surface area contributed by atoms with Crippen molar-refractivity contribution in [2.24, 2.45) is 0 Å². The second kappa shape index (κ2) is 6.67. The van der Waals surface area contributed by atoms with Crippen molar-refractivity contribution >= 4 is 11.7 Å². The SMILES string of the molecule is Cc1ccccc1NC(=O)NCC1(N2CCOCC2)CCC1. The molecule has 2 fully saturated rings. The standard InChI is InChI=1S/C17H25N3O2/c1-14-5-2-3-6-15(14)19-16(21)18-13-17(7-4-8-17)20-9-11-22-12-10-20/h2-3,5-6H,4,7-13H2,1H3,(H2,18,19,21). The zero-order valence-electron chi connectivity index (χ0n) is 13.2. The summed E-state index contributed by atoms with van der Waals surface area (Å²) in [5.74, 6) is 0. The molecule has 0 atom stereocenters. The molecule has 0 radical (unpaired) electrons. The van der Waals surface area contributed by atoms with Crippen molar-refractivity contribution in [1.82, 2.24) is 10.2 Å². The van der Waals surface area contributed by atoms with E-state index in [1.165, 1.54) is 6.42 Å². The summed E-state index contributed by atoms with van der Waals surface area (Å²) in [6.07, 6.45) is 3.58. The number of carbonyl (C=O) groups excluding carboxylic acids is 1. The molecule has 3 rings (SSSR count). The quantitative estimate of drug-likeness (QED) is 0.898. The lowest BCUT2D eigenvalue weighted by atomic mass is 9.75. The molecule has 0 bridgehead atoms. The molecular weight excluding hydrogens is 278 g/mol. The first kappa shape index (κ1) is 15.3. The summed E-state index contributed by atoms with van der Waals surface area (Å²) in [4.78, 5) is 14.7. The molecule has 1 saturated heterocycles. The molecular formula is C17H25N3O2. The maximum Gasteiger partial charge on any atom is 0.319 e. The summed E-state index contributed by atoms with van der Waals surface area (Å²) in [5.41, 5.74) is 2.09. The lowest BCUT2D eigenvalue weighted by molar-refractivity contribution is -0.0535.